The van der Waals surface area contributed by atoms with Gasteiger partial charge in [0.05, 0.1) is 34.2 Å². The summed E-state index contributed by atoms with van der Waals surface area (Å²) in [7, 11) is 0. The van der Waals surface area contributed by atoms with Crippen LogP contribution in [0.5, 0.6) is 0 Å². The molecule has 0 aliphatic carbocycles. The molecule has 0 aliphatic rings. The summed E-state index contributed by atoms with van der Waals surface area (Å²) in [4.78, 5) is 29.1. The summed E-state index contributed by atoms with van der Waals surface area (Å²) in [5.41, 5.74) is 43.2. The number of hydrogen-bond acceptors (Lipinski definition) is 6. The fourth-order valence-corrected chi connectivity index (χ4v) is 19.2. The van der Waals surface area contributed by atoms with Gasteiger partial charge in [-0.05, 0) is 305 Å². The first-order valence-corrected chi connectivity index (χ1v) is 46.9. The molecule has 136 heavy (non-hydrogen) atoms. The van der Waals surface area contributed by atoms with Crippen molar-refractivity contribution in [2.24, 2.45) is 0 Å². The van der Waals surface area contributed by atoms with Crippen LogP contribution in [0.4, 0.5) is 0 Å². The Morgan fingerprint density at radius 1 is 0.147 bits per heavy atom. The van der Waals surface area contributed by atoms with Gasteiger partial charge in [0.25, 0.3) is 0 Å². The second kappa shape index (κ2) is 37.4. The summed E-state index contributed by atoms with van der Waals surface area (Å²) in [6.07, 6.45) is 9.08. The first-order valence-electron chi connectivity index (χ1n) is 46.2. The summed E-state index contributed by atoms with van der Waals surface area (Å²) < 4.78 is 0. The third-order valence-corrected chi connectivity index (χ3v) is 26.5. The van der Waals surface area contributed by atoms with Gasteiger partial charge in [-0.15, -0.1) is 0 Å². The molecule has 8 heteroatoms. The van der Waals surface area contributed by atoms with E-state index in [0.717, 1.165) is 223 Å². The van der Waals surface area contributed by atoms with Gasteiger partial charge in [-0.3, -0.25) is 19.9 Å². The fraction of sp³-hybridized carbons (Fsp3) is 0.0625. The molecule has 0 fully saturated rings. The van der Waals surface area contributed by atoms with Crippen LogP contribution < -0.4 is 0 Å². The number of rotatable bonds is 20. The van der Waals surface area contributed by atoms with E-state index >= 15 is 0 Å². The first-order chi connectivity index (χ1) is 66.5. The second-order valence-electron chi connectivity index (χ2n) is 36.8. The Morgan fingerprint density at radius 3 is 0.603 bits per heavy atom. The van der Waals surface area contributed by atoms with Crippen LogP contribution in [0, 0.1) is 0 Å². The van der Waals surface area contributed by atoms with Gasteiger partial charge >= 0.3 is 0 Å². The Hall–Kier alpha value is -16.2. The van der Waals surface area contributed by atoms with E-state index in [1.54, 1.807) is 6.33 Å². The third kappa shape index (κ3) is 18.1. The van der Waals surface area contributed by atoms with E-state index in [2.05, 4.69) is 412 Å². The van der Waals surface area contributed by atoms with E-state index in [1.807, 2.05) is 85.5 Å². The Balaban J connectivity index is 0.697. The molecule has 0 saturated carbocycles. The lowest BCUT2D eigenvalue weighted by molar-refractivity contribution is 0.590. The van der Waals surface area contributed by atoms with Gasteiger partial charge < -0.3 is 0 Å². The zero-order valence-corrected chi connectivity index (χ0v) is 77.8. The predicted molar refractivity (Wildman–Crippen MR) is 569 cm³/mol. The summed E-state index contributed by atoms with van der Waals surface area (Å²) in [6, 6.07) is 155. The number of halogens is 2. The number of aromatic nitrogens is 6. The highest BCUT2D eigenvalue weighted by Gasteiger charge is 2.26. The van der Waals surface area contributed by atoms with Crippen molar-refractivity contribution in [3.8, 4) is 223 Å². The zero-order valence-electron chi connectivity index (χ0n) is 76.3. The van der Waals surface area contributed by atoms with Gasteiger partial charge in [-0.1, -0.05) is 368 Å². The molecule has 0 bridgehead atoms. The van der Waals surface area contributed by atoms with Crippen molar-refractivity contribution < 1.29 is 0 Å². The Labute approximate surface area is 805 Å². The predicted octanol–water partition coefficient (Wildman–Crippen LogP) is 35.3. The van der Waals surface area contributed by atoms with Crippen LogP contribution in [0.2, 0.25) is 10.0 Å². The number of benzene rings is 16. The van der Waals surface area contributed by atoms with Gasteiger partial charge in [-0.25, -0.2) is 9.97 Å². The smallest absolute Gasteiger partial charge is 0.116 e. The lowest BCUT2D eigenvalue weighted by atomic mass is 9.83. The monoisotopic (exact) mass is 1780 g/mol. The van der Waals surface area contributed by atoms with Crippen LogP contribution in [-0.4, -0.2) is 29.9 Å². The van der Waals surface area contributed by atoms with Crippen molar-refractivity contribution in [1.29, 1.82) is 0 Å². The van der Waals surface area contributed by atoms with Crippen LogP contribution >= 0.6 is 23.2 Å². The van der Waals surface area contributed by atoms with E-state index in [-0.39, 0.29) is 10.8 Å². The highest BCUT2D eigenvalue weighted by Crippen LogP contribution is 2.50. The zero-order chi connectivity index (χ0) is 92.4. The van der Waals surface area contributed by atoms with Gasteiger partial charge in [0.1, 0.15) is 6.33 Å². The molecule has 650 valence electrons. The quantitative estimate of drug-likeness (QED) is 0.0757. The second-order valence-corrected chi connectivity index (χ2v) is 37.7. The molecule has 5 aromatic heterocycles. The van der Waals surface area contributed by atoms with E-state index in [0.29, 0.717) is 10.0 Å². The third-order valence-electron chi connectivity index (χ3n) is 26.0. The van der Waals surface area contributed by atoms with Crippen LogP contribution in [0.25, 0.3) is 223 Å². The minimum atomic E-state index is -0.0915. The summed E-state index contributed by atoms with van der Waals surface area (Å²) in [5.74, 6) is 0. The molecule has 0 atom stereocenters. The fourth-order valence-electron chi connectivity index (χ4n) is 18.9. The topological polar surface area (TPSA) is 77.3 Å². The molecule has 0 radical (unpaired) electrons. The summed E-state index contributed by atoms with van der Waals surface area (Å²) in [5, 5.41) is 1.24. The van der Waals surface area contributed by atoms with Crippen molar-refractivity contribution in [1.82, 2.24) is 29.9 Å². The molecule has 0 unspecified atom stereocenters. The maximum atomic E-state index is 7.42. The molecule has 21 aromatic rings. The minimum absolute atomic E-state index is 0.0915. The molecule has 16 aromatic carbocycles. The average molecular weight is 1790 g/mol. The molecule has 0 amide bonds. The van der Waals surface area contributed by atoms with Crippen molar-refractivity contribution in [2.75, 3.05) is 0 Å². The minimum Gasteiger partial charge on any atom is -0.256 e. The molecule has 6 nitrogen and oxygen atoms in total. The van der Waals surface area contributed by atoms with E-state index in [1.165, 1.54) is 11.1 Å². The number of nitrogens with zero attached hydrogens (tertiary/aromatic N) is 6. The molecular formula is C128H94Cl2N6. The molecule has 0 aliphatic heterocycles. The highest BCUT2D eigenvalue weighted by molar-refractivity contribution is 6.31. The Bertz CT molecular complexity index is 7210. The standard InChI is InChI=1S/C128H94Cl2N6/c1-127(2,3)101-57-51-87(52-58-101)117-77-93(55-63-113(117)115-65-61-103(129)79-119(115)99-73-95(109-27-11-7-23-105(109)83-35-43-89(44-36-83)121-31-15-19-67-131-121)71-96(74-99)110-28-12-8-24-106(110)84-37-45-90(46-38-84)122-32-16-20-68-132-122)125-81-126(136-82-135-125)94-56-64-114(118(78-94)88-53-59-102(60-54-88)128(4,5)6)116-66-62-104(130)80-120(116)100-75-97(111-29-13-9-25-107(111)85-39-47-91(48-40-85)123-33-17-21-69-133-123)72-98(76-100)112-30-14-10-26-108(112)86-41-49-92(50-42-86)124-34-18-22-70-134-124/h7-82H,1-6H3. The Morgan fingerprint density at radius 2 is 0.353 bits per heavy atom. The van der Waals surface area contributed by atoms with Crippen molar-refractivity contribution in [2.45, 2.75) is 52.4 Å². The highest BCUT2D eigenvalue weighted by atomic mass is 35.5. The normalized spacial score (nSPS) is 11.5. The maximum absolute atomic E-state index is 7.42. The largest absolute Gasteiger partial charge is 0.256 e. The summed E-state index contributed by atoms with van der Waals surface area (Å²) in [6.45, 7) is 13.6. The molecule has 0 spiro atoms. The van der Waals surface area contributed by atoms with Crippen LogP contribution in [0.3, 0.4) is 0 Å². The first kappa shape index (κ1) is 86.5. The van der Waals surface area contributed by atoms with E-state index < -0.39 is 0 Å². The van der Waals surface area contributed by atoms with Gasteiger partial charge in [-0.2, -0.15) is 0 Å². The molecule has 21 rings (SSSR count). The van der Waals surface area contributed by atoms with Crippen LogP contribution in [0.1, 0.15) is 52.7 Å². The lowest BCUT2D eigenvalue weighted by Crippen LogP contribution is -2.10. The lowest BCUT2D eigenvalue weighted by Gasteiger charge is -2.21. The van der Waals surface area contributed by atoms with Crippen molar-refractivity contribution in [3.63, 3.8) is 0 Å². The SMILES string of the molecule is CC(C)(C)c1ccc(-c2cc(-c3cc(-c4ccc(-c5ccc(Cl)cc5-c5cc(-c6ccccc6-c6ccc(-c7ccccn7)cc6)cc(-c6ccccc6-c6ccc(-c7ccccn7)cc6)c5)c(-c5ccc(C(C)(C)C)cc5)c4)ncn3)ccc2-c2ccc(Cl)cc2-c2cc(-c3ccccc3-c3ccc(-c4ccccn4)cc3)cc(-c3ccccc3-c3ccc(-c4ccccn4)cc3)c2)cc1. The number of pyridine rings is 4. The molecule has 0 N–H and O–H groups in total. The van der Waals surface area contributed by atoms with Crippen molar-refractivity contribution in [3.05, 3.63) is 483 Å². The average Bonchev–Trinajstić information content (AvgIpc) is 0.758. The van der Waals surface area contributed by atoms with Gasteiger partial charge in [0, 0.05) is 68.2 Å². The maximum Gasteiger partial charge on any atom is 0.116 e. The van der Waals surface area contributed by atoms with Crippen LogP contribution in [-0.2, 0) is 10.8 Å². The van der Waals surface area contributed by atoms with E-state index in [9.17, 15) is 0 Å². The van der Waals surface area contributed by atoms with Crippen molar-refractivity contribution >= 4 is 23.2 Å². The molecule has 5 heterocycles. The number of hydrogen-bond donors (Lipinski definition) is 0. The van der Waals surface area contributed by atoms with Gasteiger partial charge in [0.15, 0.2) is 0 Å². The van der Waals surface area contributed by atoms with E-state index in [4.69, 9.17) is 53.1 Å². The van der Waals surface area contributed by atoms with Gasteiger partial charge in [0.2, 0.25) is 0 Å². The molecule has 0 saturated heterocycles. The Kier molecular flexibility index (Phi) is 23.8. The molecular weight excluding hydrogens is 1690 g/mol. The van der Waals surface area contributed by atoms with Crippen LogP contribution in [0.15, 0.2) is 462 Å². The summed E-state index contributed by atoms with van der Waals surface area (Å²) >= 11 is 14.8.